The number of fused-ring (bicyclic) bond motifs is 1. The molecule has 1 saturated carbocycles. The maximum absolute atomic E-state index is 3.70. The van der Waals surface area contributed by atoms with Crippen molar-refractivity contribution in [2.45, 2.75) is 44.9 Å². The van der Waals surface area contributed by atoms with Crippen molar-refractivity contribution in [1.29, 1.82) is 0 Å². The predicted octanol–water partition coefficient (Wildman–Crippen LogP) is 3.76. The van der Waals surface area contributed by atoms with Gasteiger partial charge >= 0.3 is 0 Å². The van der Waals surface area contributed by atoms with E-state index in [-0.39, 0.29) is 0 Å². The Labute approximate surface area is 117 Å². The Morgan fingerprint density at radius 2 is 2.16 bits per heavy atom. The van der Waals surface area contributed by atoms with Crippen LogP contribution in [0.3, 0.4) is 0 Å². The van der Waals surface area contributed by atoms with E-state index in [9.17, 15) is 0 Å². The molecule has 0 amide bonds. The van der Waals surface area contributed by atoms with Gasteiger partial charge in [-0.3, -0.25) is 0 Å². The van der Waals surface area contributed by atoms with Gasteiger partial charge in [0.25, 0.3) is 0 Å². The minimum atomic E-state index is 0.681. The molecule has 1 atom stereocenters. The van der Waals surface area contributed by atoms with E-state index in [0.717, 1.165) is 13.1 Å². The molecule has 0 radical (unpaired) electrons. The van der Waals surface area contributed by atoms with Crippen LogP contribution < -0.4 is 10.6 Å². The van der Waals surface area contributed by atoms with Gasteiger partial charge in [-0.05, 0) is 49.3 Å². The number of para-hydroxylation sites is 1. The Balaban J connectivity index is 1.42. The maximum Gasteiger partial charge on any atom is 0.0376 e. The third-order valence-corrected chi connectivity index (χ3v) is 4.85. The lowest BCUT2D eigenvalue weighted by Gasteiger charge is -2.16. The van der Waals surface area contributed by atoms with Crippen molar-refractivity contribution >= 4 is 5.69 Å². The molecule has 1 fully saturated rings. The van der Waals surface area contributed by atoms with Crippen molar-refractivity contribution in [1.82, 2.24) is 5.32 Å². The van der Waals surface area contributed by atoms with Gasteiger partial charge in [-0.25, -0.2) is 0 Å². The zero-order valence-electron chi connectivity index (χ0n) is 12.0. The highest BCUT2D eigenvalue weighted by atomic mass is 14.9. The van der Waals surface area contributed by atoms with Crippen LogP contribution in [0.25, 0.3) is 0 Å². The van der Waals surface area contributed by atoms with Crippen LogP contribution >= 0.6 is 0 Å². The van der Waals surface area contributed by atoms with Crippen LogP contribution in [0.15, 0.2) is 24.3 Å². The number of benzene rings is 1. The van der Waals surface area contributed by atoms with Crippen molar-refractivity contribution in [3.05, 3.63) is 29.8 Å². The second kappa shape index (κ2) is 5.54. The van der Waals surface area contributed by atoms with Gasteiger partial charge in [0.1, 0.15) is 0 Å². The van der Waals surface area contributed by atoms with E-state index in [4.69, 9.17) is 0 Å². The largest absolute Gasteiger partial charge is 0.384 e. The van der Waals surface area contributed by atoms with Crippen LogP contribution in [0, 0.1) is 5.41 Å². The van der Waals surface area contributed by atoms with Gasteiger partial charge < -0.3 is 10.6 Å². The molecule has 1 heterocycles. The molecule has 0 saturated heterocycles. The molecule has 0 aromatic heterocycles. The summed E-state index contributed by atoms with van der Waals surface area (Å²) in [6.45, 7) is 5.82. The SMILES string of the molecule is CCCC1(CNCCC2CNc3ccccc32)CC1. The summed E-state index contributed by atoms with van der Waals surface area (Å²) in [5, 5.41) is 7.22. The molecule has 1 aliphatic heterocycles. The molecule has 1 aromatic rings. The summed E-state index contributed by atoms with van der Waals surface area (Å²) in [6, 6.07) is 8.75. The van der Waals surface area contributed by atoms with Gasteiger partial charge in [-0.15, -0.1) is 0 Å². The molecule has 2 nitrogen and oxygen atoms in total. The van der Waals surface area contributed by atoms with E-state index in [1.54, 1.807) is 0 Å². The molecular formula is C17H26N2. The molecule has 2 N–H and O–H groups in total. The summed E-state index contributed by atoms with van der Waals surface area (Å²) in [4.78, 5) is 0. The van der Waals surface area contributed by atoms with E-state index in [0.29, 0.717) is 11.3 Å². The van der Waals surface area contributed by atoms with Crippen LogP contribution in [0.4, 0.5) is 5.69 Å². The zero-order chi connectivity index (χ0) is 13.1. The van der Waals surface area contributed by atoms with E-state index in [1.807, 2.05) is 0 Å². The minimum Gasteiger partial charge on any atom is -0.384 e. The van der Waals surface area contributed by atoms with Crippen molar-refractivity contribution < 1.29 is 0 Å². The molecule has 1 aliphatic carbocycles. The topological polar surface area (TPSA) is 24.1 Å². The van der Waals surface area contributed by atoms with Crippen LogP contribution in [0.5, 0.6) is 0 Å². The second-order valence-corrected chi connectivity index (χ2v) is 6.38. The average Bonchev–Trinajstić information content (AvgIpc) is 3.07. The minimum absolute atomic E-state index is 0.681. The fourth-order valence-electron chi connectivity index (χ4n) is 3.47. The van der Waals surface area contributed by atoms with Crippen molar-refractivity contribution in [2.24, 2.45) is 5.41 Å². The predicted molar refractivity (Wildman–Crippen MR) is 81.7 cm³/mol. The monoisotopic (exact) mass is 258 g/mol. The molecule has 3 rings (SSSR count). The number of rotatable bonds is 7. The van der Waals surface area contributed by atoms with E-state index in [2.05, 4.69) is 41.8 Å². The second-order valence-electron chi connectivity index (χ2n) is 6.38. The fourth-order valence-corrected chi connectivity index (χ4v) is 3.47. The lowest BCUT2D eigenvalue weighted by molar-refractivity contribution is 0.416. The third-order valence-electron chi connectivity index (χ3n) is 4.85. The van der Waals surface area contributed by atoms with Gasteiger partial charge in [-0.2, -0.15) is 0 Å². The molecule has 104 valence electrons. The smallest absolute Gasteiger partial charge is 0.0376 e. The van der Waals surface area contributed by atoms with Gasteiger partial charge in [-0.1, -0.05) is 31.5 Å². The highest BCUT2D eigenvalue weighted by Crippen LogP contribution is 2.48. The highest BCUT2D eigenvalue weighted by Gasteiger charge is 2.40. The zero-order valence-corrected chi connectivity index (χ0v) is 12.0. The van der Waals surface area contributed by atoms with Crippen LogP contribution in [0.2, 0.25) is 0 Å². The quantitative estimate of drug-likeness (QED) is 0.728. The summed E-state index contributed by atoms with van der Waals surface area (Å²) in [7, 11) is 0. The van der Waals surface area contributed by atoms with Gasteiger partial charge in [0.2, 0.25) is 0 Å². The van der Waals surface area contributed by atoms with Gasteiger partial charge in [0.15, 0.2) is 0 Å². The Morgan fingerprint density at radius 1 is 1.32 bits per heavy atom. The first-order chi connectivity index (χ1) is 9.33. The molecule has 2 aliphatic rings. The molecule has 0 spiro atoms. The Morgan fingerprint density at radius 3 is 2.95 bits per heavy atom. The van der Waals surface area contributed by atoms with Crippen LogP contribution in [0.1, 0.15) is 50.5 Å². The standard InChI is InChI=1S/C17H26N2/c1-2-8-17(9-10-17)13-18-11-7-14-12-19-16-6-4-3-5-15(14)16/h3-6,14,18-19H,2,7-13H2,1H3. The average molecular weight is 258 g/mol. The lowest BCUT2D eigenvalue weighted by atomic mass is 9.97. The summed E-state index contributed by atoms with van der Waals surface area (Å²) in [5.41, 5.74) is 3.54. The molecule has 1 aromatic carbocycles. The summed E-state index contributed by atoms with van der Waals surface area (Å²) < 4.78 is 0. The third kappa shape index (κ3) is 2.94. The summed E-state index contributed by atoms with van der Waals surface area (Å²) in [5.74, 6) is 0.699. The lowest BCUT2D eigenvalue weighted by Crippen LogP contribution is -2.26. The van der Waals surface area contributed by atoms with Crippen molar-refractivity contribution in [3.8, 4) is 0 Å². The first kappa shape index (κ1) is 13.0. The highest BCUT2D eigenvalue weighted by molar-refractivity contribution is 5.57. The number of hydrogen-bond acceptors (Lipinski definition) is 2. The van der Waals surface area contributed by atoms with E-state index in [1.165, 1.54) is 49.9 Å². The summed E-state index contributed by atoms with van der Waals surface area (Å²) >= 11 is 0. The fraction of sp³-hybridized carbons (Fsp3) is 0.647. The number of anilines is 1. The Kier molecular flexibility index (Phi) is 3.79. The maximum atomic E-state index is 3.70. The first-order valence-corrected chi connectivity index (χ1v) is 7.86. The Bertz CT molecular complexity index is 423. The van der Waals surface area contributed by atoms with Gasteiger partial charge in [0, 0.05) is 24.7 Å². The van der Waals surface area contributed by atoms with E-state index >= 15 is 0 Å². The first-order valence-electron chi connectivity index (χ1n) is 7.86. The molecule has 1 unspecified atom stereocenters. The number of hydrogen-bond donors (Lipinski definition) is 2. The normalized spacial score (nSPS) is 22.9. The molecule has 0 bridgehead atoms. The summed E-state index contributed by atoms with van der Waals surface area (Å²) in [6.07, 6.45) is 6.89. The van der Waals surface area contributed by atoms with Gasteiger partial charge in [0.05, 0.1) is 0 Å². The van der Waals surface area contributed by atoms with E-state index < -0.39 is 0 Å². The molecule has 19 heavy (non-hydrogen) atoms. The molecular weight excluding hydrogens is 232 g/mol. The van der Waals surface area contributed by atoms with Crippen LogP contribution in [-0.4, -0.2) is 19.6 Å². The van der Waals surface area contributed by atoms with Crippen molar-refractivity contribution in [3.63, 3.8) is 0 Å². The number of nitrogens with one attached hydrogen (secondary N) is 2. The van der Waals surface area contributed by atoms with Crippen molar-refractivity contribution in [2.75, 3.05) is 25.0 Å². The Hall–Kier alpha value is -1.02. The van der Waals surface area contributed by atoms with Crippen LogP contribution in [-0.2, 0) is 0 Å². The molecule has 2 heteroatoms.